The molecule has 128 valence electrons. The molecule has 0 aromatic heterocycles. The number of hydrogen-bond acceptors (Lipinski definition) is 0. The van der Waals surface area contributed by atoms with Crippen LogP contribution < -0.4 is 0 Å². The van der Waals surface area contributed by atoms with Gasteiger partial charge in [0, 0.05) is 0 Å². The predicted molar refractivity (Wildman–Crippen MR) is 107 cm³/mol. The smallest absolute Gasteiger partial charge is 0.0162 e. The van der Waals surface area contributed by atoms with Gasteiger partial charge >= 0.3 is 0 Å². The van der Waals surface area contributed by atoms with Gasteiger partial charge in [0.25, 0.3) is 0 Å². The van der Waals surface area contributed by atoms with Crippen molar-refractivity contribution < 1.29 is 0 Å². The molecule has 2 aromatic rings. The second kappa shape index (κ2) is 9.47. The third-order valence-electron chi connectivity index (χ3n) is 5.02. The molecule has 0 bridgehead atoms. The molecule has 1 fully saturated rings. The Bertz CT molecular complexity index is 603. The molecule has 0 nitrogen and oxygen atoms in total. The van der Waals surface area contributed by atoms with Gasteiger partial charge in [0.2, 0.25) is 0 Å². The zero-order chi connectivity index (χ0) is 17.4. The average molecular weight is 321 g/mol. The molecular weight excluding hydrogens is 288 g/mol. The van der Waals surface area contributed by atoms with E-state index in [1.54, 1.807) is 11.6 Å². The Balaban J connectivity index is 0.000000647. The van der Waals surface area contributed by atoms with Crippen LogP contribution in [-0.2, 0) is 0 Å². The summed E-state index contributed by atoms with van der Waals surface area (Å²) in [5, 5.41) is 0. The molecule has 0 spiro atoms. The van der Waals surface area contributed by atoms with E-state index in [0.29, 0.717) is 0 Å². The fourth-order valence-corrected chi connectivity index (χ4v) is 3.51. The molecule has 0 heterocycles. The Hall–Kier alpha value is -1.82. The van der Waals surface area contributed by atoms with Gasteiger partial charge in [-0.05, 0) is 55.2 Å². The summed E-state index contributed by atoms with van der Waals surface area (Å²) in [5.41, 5.74) is 5.52. The molecule has 24 heavy (non-hydrogen) atoms. The zero-order valence-electron chi connectivity index (χ0n) is 15.6. The van der Waals surface area contributed by atoms with Crippen molar-refractivity contribution in [3.8, 4) is 11.1 Å². The second-order valence-corrected chi connectivity index (χ2v) is 7.21. The lowest BCUT2D eigenvalue weighted by atomic mass is 9.90. The van der Waals surface area contributed by atoms with Crippen molar-refractivity contribution >= 4 is 0 Å². The highest BCUT2D eigenvalue weighted by Crippen LogP contribution is 2.34. The quantitative estimate of drug-likeness (QED) is 0.396. The van der Waals surface area contributed by atoms with Gasteiger partial charge in [-0.1, -0.05) is 86.4 Å². The summed E-state index contributed by atoms with van der Waals surface area (Å²) < 4.78 is 0. The first-order valence-corrected chi connectivity index (χ1v) is 9.38. The molecule has 1 aliphatic rings. The molecule has 2 atom stereocenters. The standard InChI is InChI=1S/C21H26.C3H6/c1-16-4-3-5-18(9-6-16)20-12-14-21(15-13-20)19-10-7-17(2)8-11-19;1-3-2/h7-8,10-16,18H,3-6,9H2,1-2H3;3H,1H2,2H3. The van der Waals surface area contributed by atoms with E-state index in [1.165, 1.54) is 48.8 Å². The number of hydrogen-bond donors (Lipinski definition) is 0. The van der Waals surface area contributed by atoms with Crippen molar-refractivity contribution in [1.82, 2.24) is 0 Å². The fraction of sp³-hybridized carbons (Fsp3) is 0.417. The van der Waals surface area contributed by atoms with Gasteiger partial charge in [0.05, 0.1) is 0 Å². The molecule has 1 saturated carbocycles. The summed E-state index contributed by atoms with van der Waals surface area (Å²) in [6.07, 6.45) is 8.69. The summed E-state index contributed by atoms with van der Waals surface area (Å²) >= 11 is 0. The highest BCUT2D eigenvalue weighted by atomic mass is 14.2. The van der Waals surface area contributed by atoms with Crippen molar-refractivity contribution in [3.05, 3.63) is 72.3 Å². The van der Waals surface area contributed by atoms with Crippen molar-refractivity contribution in [1.29, 1.82) is 0 Å². The van der Waals surface area contributed by atoms with E-state index < -0.39 is 0 Å². The Labute approximate surface area is 148 Å². The monoisotopic (exact) mass is 320 g/mol. The van der Waals surface area contributed by atoms with Crippen molar-refractivity contribution in [3.63, 3.8) is 0 Å². The van der Waals surface area contributed by atoms with E-state index in [2.05, 4.69) is 69.0 Å². The Morgan fingerprint density at radius 1 is 0.833 bits per heavy atom. The Kier molecular flexibility index (Phi) is 7.31. The molecule has 0 saturated heterocycles. The molecule has 0 aliphatic heterocycles. The minimum absolute atomic E-state index is 0.780. The predicted octanol–water partition coefficient (Wildman–Crippen LogP) is 7.54. The van der Waals surface area contributed by atoms with E-state index >= 15 is 0 Å². The highest BCUT2D eigenvalue weighted by Gasteiger charge is 2.17. The Morgan fingerprint density at radius 3 is 1.96 bits per heavy atom. The van der Waals surface area contributed by atoms with Gasteiger partial charge in [0.15, 0.2) is 0 Å². The summed E-state index contributed by atoms with van der Waals surface area (Å²) in [7, 11) is 0. The van der Waals surface area contributed by atoms with Gasteiger partial charge < -0.3 is 0 Å². The first-order chi connectivity index (χ1) is 11.6. The first-order valence-electron chi connectivity index (χ1n) is 9.38. The van der Waals surface area contributed by atoms with E-state index in [0.717, 1.165) is 11.8 Å². The number of allylic oxidation sites excluding steroid dienone is 1. The number of benzene rings is 2. The van der Waals surface area contributed by atoms with Crippen molar-refractivity contribution in [2.24, 2.45) is 5.92 Å². The zero-order valence-corrected chi connectivity index (χ0v) is 15.6. The van der Waals surface area contributed by atoms with Crippen molar-refractivity contribution in [2.45, 2.75) is 58.8 Å². The number of rotatable bonds is 2. The molecule has 0 radical (unpaired) electrons. The van der Waals surface area contributed by atoms with Crippen LogP contribution in [0.3, 0.4) is 0 Å². The molecule has 0 N–H and O–H groups in total. The van der Waals surface area contributed by atoms with Gasteiger partial charge in [0.1, 0.15) is 0 Å². The summed E-state index contributed by atoms with van der Waals surface area (Å²) in [6, 6.07) is 18.1. The fourth-order valence-electron chi connectivity index (χ4n) is 3.51. The summed E-state index contributed by atoms with van der Waals surface area (Å²) in [5.74, 6) is 1.70. The lowest BCUT2D eigenvalue weighted by molar-refractivity contribution is 0.499. The lowest BCUT2D eigenvalue weighted by Crippen LogP contribution is -1.97. The molecular formula is C24H32. The first kappa shape index (κ1) is 18.5. The van der Waals surface area contributed by atoms with Crippen LogP contribution in [0.1, 0.15) is 63.0 Å². The largest absolute Gasteiger partial charge is 0.103 e. The molecule has 1 aliphatic carbocycles. The third kappa shape index (κ3) is 5.37. The van der Waals surface area contributed by atoms with Gasteiger partial charge in [-0.15, -0.1) is 6.58 Å². The van der Waals surface area contributed by atoms with Gasteiger partial charge in [-0.2, -0.15) is 0 Å². The van der Waals surface area contributed by atoms with Crippen LogP contribution in [0.4, 0.5) is 0 Å². The minimum Gasteiger partial charge on any atom is -0.103 e. The lowest BCUT2D eigenvalue weighted by Gasteiger charge is -2.15. The normalized spacial score (nSPS) is 20.5. The maximum absolute atomic E-state index is 3.36. The Morgan fingerprint density at radius 2 is 1.38 bits per heavy atom. The van der Waals surface area contributed by atoms with E-state index in [9.17, 15) is 0 Å². The van der Waals surface area contributed by atoms with Crippen LogP contribution in [0.2, 0.25) is 0 Å². The van der Waals surface area contributed by atoms with E-state index in [1.807, 2.05) is 6.92 Å². The van der Waals surface area contributed by atoms with Crippen LogP contribution >= 0.6 is 0 Å². The van der Waals surface area contributed by atoms with Crippen LogP contribution in [0.5, 0.6) is 0 Å². The van der Waals surface area contributed by atoms with E-state index in [-0.39, 0.29) is 0 Å². The van der Waals surface area contributed by atoms with Gasteiger partial charge in [-0.25, -0.2) is 0 Å². The maximum Gasteiger partial charge on any atom is -0.0162 e. The molecule has 0 amide bonds. The van der Waals surface area contributed by atoms with Crippen LogP contribution in [0, 0.1) is 12.8 Å². The summed E-state index contributed by atoms with van der Waals surface area (Å²) in [4.78, 5) is 0. The topological polar surface area (TPSA) is 0 Å². The molecule has 3 rings (SSSR count). The van der Waals surface area contributed by atoms with E-state index in [4.69, 9.17) is 0 Å². The van der Waals surface area contributed by atoms with Crippen LogP contribution in [0.25, 0.3) is 11.1 Å². The van der Waals surface area contributed by atoms with Crippen molar-refractivity contribution in [2.75, 3.05) is 0 Å². The summed E-state index contributed by atoms with van der Waals surface area (Å²) in [6.45, 7) is 9.79. The highest BCUT2D eigenvalue weighted by molar-refractivity contribution is 5.64. The third-order valence-corrected chi connectivity index (χ3v) is 5.02. The SMILES string of the molecule is C=CC.Cc1ccc(-c2ccc(C3CCCC(C)CC3)cc2)cc1. The van der Waals surface area contributed by atoms with Crippen LogP contribution in [-0.4, -0.2) is 0 Å². The maximum atomic E-state index is 3.36. The minimum atomic E-state index is 0.780. The number of aryl methyl sites for hydroxylation is 1. The average Bonchev–Trinajstić information content (AvgIpc) is 2.81. The second-order valence-electron chi connectivity index (χ2n) is 7.21. The molecule has 2 aromatic carbocycles. The molecule has 0 heteroatoms. The van der Waals surface area contributed by atoms with Gasteiger partial charge in [-0.3, -0.25) is 0 Å². The molecule has 2 unspecified atom stereocenters. The van der Waals surface area contributed by atoms with Crippen LogP contribution in [0.15, 0.2) is 61.2 Å².